The van der Waals surface area contributed by atoms with Gasteiger partial charge in [0, 0.05) is 61.1 Å². The molecule has 0 radical (unpaired) electrons. The van der Waals surface area contributed by atoms with Crippen molar-refractivity contribution >= 4 is 11.6 Å². The van der Waals surface area contributed by atoms with Gasteiger partial charge in [0.25, 0.3) is 5.91 Å². The van der Waals surface area contributed by atoms with Crippen LogP contribution in [-0.2, 0) is 12.8 Å². The number of fused-ring (bicyclic) bond motifs is 1. The summed E-state index contributed by atoms with van der Waals surface area (Å²) in [6, 6.07) is 19.0. The molecular formula is C27H23N5O2. The van der Waals surface area contributed by atoms with Crippen molar-refractivity contribution in [1.82, 2.24) is 24.7 Å². The van der Waals surface area contributed by atoms with Gasteiger partial charge in [-0.3, -0.25) is 19.0 Å². The summed E-state index contributed by atoms with van der Waals surface area (Å²) in [5.74, 6) is -0.0895. The van der Waals surface area contributed by atoms with Gasteiger partial charge in [0.15, 0.2) is 0 Å². The Labute approximate surface area is 196 Å². The van der Waals surface area contributed by atoms with Crippen LogP contribution in [0.25, 0.3) is 16.9 Å². The third kappa shape index (κ3) is 4.63. The van der Waals surface area contributed by atoms with Crippen molar-refractivity contribution in [3.05, 3.63) is 124 Å². The van der Waals surface area contributed by atoms with Crippen LogP contribution in [0.1, 0.15) is 27.0 Å². The molecule has 0 unspecified atom stereocenters. The largest absolute Gasteiger partial charge is 0.352 e. The van der Waals surface area contributed by atoms with Crippen molar-refractivity contribution in [2.24, 2.45) is 0 Å². The van der Waals surface area contributed by atoms with Gasteiger partial charge in [0.1, 0.15) is 5.65 Å². The smallest absolute Gasteiger partial charge is 0.251 e. The molecule has 0 atom stereocenters. The summed E-state index contributed by atoms with van der Waals surface area (Å²) in [5.41, 5.74) is 6.30. The van der Waals surface area contributed by atoms with Gasteiger partial charge in [-0.2, -0.15) is 0 Å². The van der Waals surface area contributed by atoms with Gasteiger partial charge in [-0.1, -0.05) is 24.3 Å². The predicted molar refractivity (Wildman–Crippen MR) is 131 cm³/mol. The van der Waals surface area contributed by atoms with E-state index in [1.165, 1.54) is 0 Å². The van der Waals surface area contributed by atoms with Gasteiger partial charge in [0.2, 0.25) is 5.56 Å². The molecule has 34 heavy (non-hydrogen) atoms. The topological polar surface area (TPSA) is 92.1 Å². The summed E-state index contributed by atoms with van der Waals surface area (Å²) in [6.45, 7) is 0.559. The van der Waals surface area contributed by atoms with E-state index in [0.29, 0.717) is 18.5 Å². The fourth-order valence-corrected chi connectivity index (χ4v) is 4.01. The number of imidazole rings is 1. The maximum Gasteiger partial charge on any atom is 0.251 e. The zero-order valence-electron chi connectivity index (χ0n) is 18.4. The van der Waals surface area contributed by atoms with Crippen LogP contribution in [0.15, 0.2) is 96.4 Å². The molecule has 0 spiro atoms. The number of rotatable bonds is 7. The van der Waals surface area contributed by atoms with Crippen LogP contribution in [0.5, 0.6) is 0 Å². The van der Waals surface area contributed by atoms with Gasteiger partial charge >= 0.3 is 0 Å². The molecule has 7 nitrogen and oxygen atoms in total. The van der Waals surface area contributed by atoms with Gasteiger partial charge in [-0.25, -0.2) is 4.98 Å². The second kappa shape index (κ2) is 9.54. The van der Waals surface area contributed by atoms with E-state index < -0.39 is 0 Å². The minimum absolute atomic E-state index is 0.0895. The monoisotopic (exact) mass is 449 g/mol. The Morgan fingerprint density at radius 1 is 1.00 bits per heavy atom. The average molecular weight is 450 g/mol. The van der Waals surface area contributed by atoms with Crippen LogP contribution in [0.4, 0.5) is 0 Å². The van der Waals surface area contributed by atoms with Crippen molar-refractivity contribution in [2.45, 2.75) is 12.8 Å². The molecule has 0 aliphatic heterocycles. The number of hydrogen-bond donors (Lipinski definition) is 2. The normalized spacial score (nSPS) is 10.9. The Balaban J connectivity index is 1.28. The molecule has 4 heterocycles. The predicted octanol–water partition coefficient (Wildman–Crippen LogP) is 3.65. The second-order valence-corrected chi connectivity index (χ2v) is 8.05. The summed E-state index contributed by atoms with van der Waals surface area (Å²) in [7, 11) is 0. The third-order valence-corrected chi connectivity index (χ3v) is 5.73. The lowest BCUT2D eigenvalue weighted by Gasteiger charge is -2.10. The lowest BCUT2D eigenvalue weighted by Crippen LogP contribution is -2.25. The molecule has 5 aromatic rings. The first-order valence-corrected chi connectivity index (χ1v) is 11.1. The van der Waals surface area contributed by atoms with E-state index >= 15 is 0 Å². The lowest BCUT2D eigenvalue weighted by atomic mass is 10.0. The zero-order valence-corrected chi connectivity index (χ0v) is 18.4. The Morgan fingerprint density at radius 3 is 2.68 bits per heavy atom. The van der Waals surface area contributed by atoms with Gasteiger partial charge < -0.3 is 10.3 Å². The van der Waals surface area contributed by atoms with Crippen LogP contribution in [0, 0.1) is 0 Å². The fourth-order valence-electron chi connectivity index (χ4n) is 4.01. The van der Waals surface area contributed by atoms with Gasteiger partial charge in [-0.15, -0.1) is 0 Å². The van der Waals surface area contributed by atoms with E-state index in [2.05, 4.69) is 20.3 Å². The highest BCUT2D eigenvalue weighted by Crippen LogP contribution is 2.23. The van der Waals surface area contributed by atoms with Crippen LogP contribution in [0.3, 0.4) is 0 Å². The Morgan fingerprint density at radius 2 is 1.88 bits per heavy atom. The molecule has 4 aromatic heterocycles. The van der Waals surface area contributed by atoms with Gasteiger partial charge in [-0.05, 0) is 53.4 Å². The van der Waals surface area contributed by atoms with E-state index in [0.717, 1.165) is 40.0 Å². The quantitative estimate of drug-likeness (QED) is 0.397. The van der Waals surface area contributed by atoms with Crippen LogP contribution in [-0.4, -0.2) is 31.8 Å². The van der Waals surface area contributed by atoms with Crippen LogP contribution < -0.4 is 10.9 Å². The number of hydrogen-bond acceptors (Lipinski definition) is 4. The van der Waals surface area contributed by atoms with Crippen LogP contribution >= 0.6 is 0 Å². The van der Waals surface area contributed by atoms with Crippen molar-refractivity contribution in [3.8, 4) is 11.3 Å². The molecule has 0 aliphatic rings. The Hall–Kier alpha value is -4.52. The number of amides is 1. The van der Waals surface area contributed by atoms with Crippen molar-refractivity contribution in [1.29, 1.82) is 0 Å². The molecule has 7 heteroatoms. The molecule has 2 N–H and O–H groups in total. The van der Waals surface area contributed by atoms with E-state index in [1.54, 1.807) is 24.7 Å². The highest BCUT2D eigenvalue weighted by molar-refractivity contribution is 5.94. The number of H-pyrrole nitrogens is 1. The number of carbonyl (C=O) groups is 1. The number of pyridine rings is 3. The first kappa shape index (κ1) is 21.3. The van der Waals surface area contributed by atoms with Gasteiger partial charge in [0.05, 0.1) is 5.69 Å². The molecule has 5 rings (SSSR count). The number of nitrogens with zero attached hydrogens (tertiary/aromatic N) is 3. The molecule has 0 saturated carbocycles. The number of benzene rings is 1. The van der Waals surface area contributed by atoms with Crippen LogP contribution in [0.2, 0.25) is 0 Å². The fraction of sp³-hybridized carbons (Fsp3) is 0.111. The van der Waals surface area contributed by atoms with E-state index in [4.69, 9.17) is 0 Å². The number of nitrogens with one attached hydrogen (secondary N) is 2. The minimum Gasteiger partial charge on any atom is -0.352 e. The number of carbonyl (C=O) groups excluding carboxylic acids is 1. The first-order chi connectivity index (χ1) is 16.7. The SMILES string of the molecule is O=C(NCCc1cccnc1)c1ccc(Cc2ccc(-c3cc[nH]c(=O)c3)n3ccnc23)cc1. The lowest BCUT2D eigenvalue weighted by molar-refractivity contribution is 0.0954. The van der Waals surface area contributed by atoms with E-state index in [-0.39, 0.29) is 11.5 Å². The maximum atomic E-state index is 12.5. The molecule has 0 bridgehead atoms. The molecule has 0 aliphatic carbocycles. The third-order valence-electron chi connectivity index (χ3n) is 5.73. The molecular weight excluding hydrogens is 426 g/mol. The highest BCUT2D eigenvalue weighted by atomic mass is 16.1. The summed E-state index contributed by atoms with van der Waals surface area (Å²) in [4.78, 5) is 35.5. The number of aromatic amines is 1. The summed E-state index contributed by atoms with van der Waals surface area (Å²) in [5, 5.41) is 2.96. The standard InChI is InChI=1S/C27H23N5O2/c33-25-17-22(10-13-29-25)24-8-7-23(26-30-14-15-32(24)26)16-19-3-5-21(6-4-19)27(34)31-12-9-20-2-1-11-28-18-20/h1-8,10-11,13-15,17-18H,9,12,16H2,(H,29,33)(H,31,34). The summed E-state index contributed by atoms with van der Waals surface area (Å²) < 4.78 is 1.99. The van der Waals surface area contributed by atoms with Crippen molar-refractivity contribution in [2.75, 3.05) is 6.54 Å². The second-order valence-electron chi connectivity index (χ2n) is 8.05. The maximum absolute atomic E-state index is 12.5. The Bertz CT molecular complexity index is 1490. The Kier molecular flexibility index (Phi) is 5.99. The molecule has 0 fully saturated rings. The number of aromatic nitrogens is 4. The zero-order chi connectivity index (χ0) is 23.3. The highest BCUT2D eigenvalue weighted by Gasteiger charge is 2.11. The first-order valence-electron chi connectivity index (χ1n) is 11.1. The average Bonchev–Trinajstić information content (AvgIpc) is 3.36. The summed E-state index contributed by atoms with van der Waals surface area (Å²) in [6.07, 6.45) is 10.3. The van der Waals surface area contributed by atoms with E-state index in [1.807, 2.05) is 71.4 Å². The van der Waals surface area contributed by atoms with Crippen molar-refractivity contribution in [3.63, 3.8) is 0 Å². The van der Waals surface area contributed by atoms with E-state index in [9.17, 15) is 9.59 Å². The minimum atomic E-state index is -0.143. The molecule has 168 valence electrons. The molecule has 1 amide bonds. The summed E-state index contributed by atoms with van der Waals surface area (Å²) >= 11 is 0. The van der Waals surface area contributed by atoms with Crippen molar-refractivity contribution < 1.29 is 4.79 Å². The molecule has 0 saturated heterocycles. The molecule has 1 aromatic carbocycles.